The number of rotatable bonds is 5. The zero-order valence-corrected chi connectivity index (χ0v) is 12.1. The Morgan fingerprint density at radius 2 is 2.10 bits per heavy atom. The second kappa shape index (κ2) is 5.92. The summed E-state index contributed by atoms with van der Waals surface area (Å²) >= 11 is 0. The molecular formula is C12H19N3O4S. The first-order valence-corrected chi connectivity index (χ1v) is 8.17. The van der Waals surface area contributed by atoms with E-state index in [4.69, 9.17) is 5.11 Å². The normalized spacial score (nSPS) is 23.6. The van der Waals surface area contributed by atoms with Gasteiger partial charge in [-0.25, -0.2) is 18.1 Å². The molecule has 0 radical (unpaired) electrons. The number of carboxylic acids is 1. The van der Waals surface area contributed by atoms with E-state index >= 15 is 0 Å². The molecule has 2 rings (SSSR count). The van der Waals surface area contributed by atoms with Gasteiger partial charge in [-0.1, -0.05) is 0 Å². The number of hydrogen-bond donors (Lipinski definition) is 2. The van der Waals surface area contributed by atoms with Crippen molar-refractivity contribution in [3.8, 4) is 0 Å². The molecule has 0 atom stereocenters. The third kappa shape index (κ3) is 3.18. The second-order valence-electron chi connectivity index (χ2n) is 5.03. The molecule has 0 bridgehead atoms. The first-order chi connectivity index (χ1) is 9.44. The topological polar surface area (TPSA) is 101 Å². The highest BCUT2D eigenvalue weighted by Crippen LogP contribution is 2.25. The average molecular weight is 301 g/mol. The van der Waals surface area contributed by atoms with Crippen LogP contribution in [-0.4, -0.2) is 35.1 Å². The van der Waals surface area contributed by atoms with Crippen LogP contribution in [-0.2, 0) is 21.4 Å². The highest BCUT2D eigenvalue weighted by Gasteiger charge is 2.29. The van der Waals surface area contributed by atoms with Crippen molar-refractivity contribution in [2.75, 3.05) is 0 Å². The maximum atomic E-state index is 12.3. The summed E-state index contributed by atoms with van der Waals surface area (Å²) in [6.45, 7) is 2.38. The Morgan fingerprint density at radius 1 is 1.45 bits per heavy atom. The lowest BCUT2D eigenvalue weighted by molar-refractivity contribution is -0.142. The second-order valence-corrected chi connectivity index (χ2v) is 6.69. The summed E-state index contributed by atoms with van der Waals surface area (Å²) < 4.78 is 28.7. The molecule has 8 heteroatoms. The minimum Gasteiger partial charge on any atom is -0.481 e. The molecule has 112 valence electrons. The number of aliphatic carboxylic acids is 1. The van der Waals surface area contributed by atoms with E-state index < -0.39 is 16.0 Å². The molecule has 1 aliphatic carbocycles. The van der Waals surface area contributed by atoms with E-state index in [1.54, 1.807) is 4.57 Å². The SMILES string of the molecule is CCn1cncc1S(=O)(=O)NC1CCC(C(=O)O)CC1. The molecular weight excluding hydrogens is 282 g/mol. The van der Waals surface area contributed by atoms with Gasteiger partial charge in [0.1, 0.15) is 0 Å². The predicted octanol–water partition coefficient (Wildman–Crippen LogP) is 0.825. The van der Waals surface area contributed by atoms with E-state index in [-0.39, 0.29) is 17.0 Å². The molecule has 0 spiro atoms. The van der Waals surface area contributed by atoms with Gasteiger partial charge in [-0.05, 0) is 32.6 Å². The average Bonchev–Trinajstić information content (AvgIpc) is 2.88. The highest BCUT2D eigenvalue weighted by molar-refractivity contribution is 7.89. The Hall–Kier alpha value is -1.41. The van der Waals surface area contributed by atoms with Crippen LogP contribution in [0.4, 0.5) is 0 Å². The van der Waals surface area contributed by atoms with E-state index in [2.05, 4.69) is 9.71 Å². The van der Waals surface area contributed by atoms with E-state index in [0.29, 0.717) is 32.2 Å². The predicted molar refractivity (Wildman–Crippen MR) is 71.6 cm³/mol. The first kappa shape index (κ1) is 15.0. The Balaban J connectivity index is 2.02. The van der Waals surface area contributed by atoms with Crippen LogP contribution < -0.4 is 4.72 Å². The molecule has 1 saturated carbocycles. The fourth-order valence-corrected chi connectivity index (χ4v) is 3.99. The number of nitrogens with one attached hydrogen (secondary N) is 1. The number of hydrogen-bond acceptors (Lipinski definition) is 4. The number of sulfonamides is 1. The van der Waals surface area contributed by atoms with Crippen LogP contribution in [0.15, 0.2) is 17.6 Å². The van der Waals surface area contributed by atoms with Crippen molar-refractivity contribution in [1.82, 2.24) is 14.3 Å². The summed E-state index contributed by atoms with van der Waals surface area (Å²) in [5.41, 5.74) is 0. The number of aromatic nitrogens is 2. The molecule has 0 unspecified atom stereocenters. The molecule has 7 nitrogen and oxygen atoms in total. The Morgan fingerprint density at radius 3 is 2.65 bits per heavy atom. The van der Waals surface area contributed by atoms with Crippen molar-refractivity contribution in [2.45, 2.75) is 50.2 Å². The van der Waals surface area contributed by atoms with Crippen molar-refractivity contribution in [3.63, 3.8) is 0 Å². The fraction of sp³-hybridized carbons (Fsp3) is 0.667. The van der Waals surface area contributed by atoms with E-state index in [9.17, 15) is 13.2 Å². The number of carbonyl (C=O) groups is 1. The fourth-order valence-electron chi connectivity index (χ4n) is 2.51. The Bertz CT molecular complexity index is 573. The molecule has 0 saturated heterocycles. The van der Waals surface area contributed by atoms with Crippen molar-refractivity contribution in [1.29, 1.82) is 0 Å². The van der Waals surface area contributed by atoms with Gasteiger partial charge in [-0.15, -0.1) is 0 Å². The third-order valence-electron chi connectivity index (χ3n) is 3.69. The Kier molecular flexibility index (Phi) is 4.44. The van der Waals surface area contributed by atoms with Crippen LogP contribution in [0.5, 0.6) is 0 Å². The maximum absolute atomic E-state index is 12.3. The molecule has 1 aromatic heterocycles. The van der Waals surface area contributed by atoms with Gasteiger partial charge in [-0.3, -0.25) is 4.79 Å². The van der Waals surface area contributed by atoms with Crippen molar-refractivity contribution in [2.24, 2.45) is 5.92 Å². The summed E-state index contributed by atoms with van der Waals surface area (Å²) in [6.07, 6.45) is 4.93. The first-order valence-electron chi connectivity index (χ1n) is 6.69. The van der Waals surface area contributed by atoms with E-state index in [0.717, 1.165) is 0 Å². The zero-order valence-electron chi connectivity index (χ0n) is 11.3. The van der Waals surface area contributed by atoms with Crippen LogP contribution in [0.2, 0.25) is 0 Å². The molecule has 1 aromatic rings. The molecule has 0 aromatic carbocycles. The van der Waals surface area contributed by atoms with Crippen molar-refractivity contribution in [3.05, 3.63) is 12.5 Å². The highest BCUT2D eigenvalue weighted by atomic mass is 32.2. The quantitative estimate of drug-likeness (QED) is 0.838. The van der Waals surface area contributed by atoms with Gasteiger partial charge in [0.15, 0.2) is 5.03 Å². The molecule has 1 fully saturated rings. The lowest BCUT2D eigenvalue weighted by atomic mass is 9.87. The van der Waals surface area contributed by atoms with Crippen LogP contribution in [0.1, 0.15) is 32.6 Å². The number of carboxylic acid groups (broad SMARTS) is 1. The summed E-state index contributed by atoms with van der Waals surface area (Å²) in [5, 5.41) is 9.08. The van der Waals surface area contributed by atoms with Gasteiger partial charge >= 0.3 is 5.97 Å². The number of nitrogens with zero attached hydrogens (tertiary/aromatic N) is 2. The third-order valence-corrected chi connectivity index (χ3v) is 5.22. The molecule has 0 amide bonds. The number of imidazole rings is 1. The Labute approximate surface area is 118 Å². The van der Waals surface area contributed by atoms with Crippen molar-refractivity contribution >= 4 is 16.0 Å². The van der Waals surface area contributed by atoms with Gasteiger partial charge in [0, 0.05) is 12.6 Å². The smallest absolute Gasteiger partial charge is 0.306 e. The largest absolute Gasteiger partial charge is 0.481 e. The monoisotopic (exact) mass is 301 g/mol. The summed E-state index contributed by atoms with van der Waals surface area (Å²) in [5.74, 6) is -1.15. The molecule has 2 N–H and O–H groups in total. The summed E-state index contributed by atoms with van der Waals surface area (Å²) in [6, 6.07) is -0.198. The van der Waals surface area contributed by atoms with Crippen LogP contribution in [0.25, 0.3) is 0 Å². The van der Waals surface area contributed by atoms with Gasteiger partial charge in [0.2, 0.25) is 0 Å². The summed E-state index contributed by atoms with van der Waals surface area (Å²) in [4.78, 5) is 14.7. The van der Waals surface area contributed by atoms with Gasteiger partial charge < -0.3 is 9.67 Å². The van der Waals surface area contributed by atoms with Gasteiger partial charge in [-0.2, -0.15) is 0 Å². The molecule has 1 aliphatic rings. The number of aryl methyl sites for hydroxylation is 1. The van der Waals surface area contributed by atoms with Gasteiger partial charge in [0.05, 0.1) is 18.4 Å². The van der Waals surface area contributed by atoms with Crippen LogP contribution in [0.3, 0.4) is 0 Å². The summed E-state index contributed by atoms with van der Waals surface area (Å²) in [7, 11) is -3.59. The van der Waals surface area contributed by atoms with E-state index in [1.165, 1.54) is 12.5 Å². The molecule has 0 aliphatic heterocycles. The van der Waals surface area contributed by atoms with Gasteiger partial charge in [0.25, 0.3) is 10.0 Å². The van der Waals surface area contributed by atoms with Crippen LogP contribution in [0, 0.1) is 5.92 Å². The lowest BCUT2D eigenvalue weighted by Crippen LogP contribution is -2.39. The zero-order chi connectivity index (χ0) is 14.8. The maximum Gasteiger partial charge on any atom is 0.306 e. The minimum atomic E-state index is -3.59. The minimum absolute atomic E-state index is 0.153. The van der Waals surface area contributed by atoms with Crippen LogP contribution >= 0.6 is 0 Å². The van der Waals surface area contributed by atoms with Crippen molar-refractivity contribution < 1.29 is 18.3 Å². The molecule has 1 heterocycles. The molecule has 20 heavy (non-hydrogen) atoms. The van der Waals surface area contributed by atoms with E-state index in [1.807, 2.05) is 6.92 Å². The standard InChI is InChI=1S/C12H19N3O4S/c1-2-15-8-13-7-11(15)20(18,19)14-10-5-3-9(4-6-10)12(16)17/h7-10,14H,2-6H2,1H3,(H,16,17). The lowest BCUT2D eigenvalue weighted by Gasteiger charge is -2.26.